The molecule has 5 heteroatoms. The van der Waals surface area contributed by atoms with Crippen LogP contribution >= 0.6 is 0 Å². The molecule has 5 nitrogen and oxygen atoms in total. The van der Waals surface area contributed by atoms with Gasteiger partial charge in [-0.3, -0.25) is 9.69 Å². The maximum Gasteiger partial charge on any atom is 0.239 e. The lowest BCUT2D eigenvalue weighted by Gasteiger charge is -2.18. The summed E-state index contributed by atoms with van der Waals surface area (Å²) in [7, 11) is 1.99. The fourth-order valence-corrected chi connectivity index (χ4v) is 2.45. The summed E-state index contributed by atoms with van der Waals surface area (Å²) in [5.41, 5.74) is 0. The summed E-state index contributed by atoms with van der Waals surface area (Å²) in [4.78, 5) is 14.1. The highest BCUT2D eigenvalue weighted by Crippen LogP contribution is 2.40. The first-order valence-electron chi connectivity index (χ1n) is 7.63. The summed E-state index contributed by atoms with van der Waals surface area (Å²) < 4.78 is 1.95. The maximum absolute atomic E-state index is 12.1. The Morgan fingerprint density at radius 1 is 1.60 bits per heavy atom. The fraction of sp³-hybridized carbons (Fsp3) is 0.733. The highest BCUT2D eigenvalue weighted by atomic mass is 16.2. The maximum atomic E-state index is 12.1. The van der Waals surface area contributed by atoms with Crippen molar-refractivity contribution in [1.29, 1.82) is 0 Å². The number of aromatic nitrogens is 2. The number of unbranched alkanes of at least 4 members (excludes halogenated alkanes) is 1. The van der Waals surface area contributed by atoms with Crippen LogP contribution in [0.5, 0.6) is 0 Å². The Labute approximate surface area is 121 Å². The number of carbonyl (C=O) groups excluding carboxylic acids is 1. The zero-order chi connectivity index (χ0) is 14.5. The second kappa shape index (κ2) is 6.88. The molecule has 1 atom stereocenters. The van der Waals surface area contributed by atoms with Crippen molar-refractivity contribution >= 4 is 11.7 Å². The van der Waals surface area contributed by atoms with Gasteiger partial charge in [-0.1, -0.05) is 13.3 Å². The molecule has 1 saturated carbocycles. The first kappa shape index (κ1) is 15.0. The Morgan fingerprint density at radius 2 is 2.35 bits per heavy atom. The Hall–Kier alpha value is -1.36. The molecule has 1 amide bonds. The molecule has 1 aliphatic rings. The van der Waals surface area contributed by atoms with Crippen molar-refractivity contribution in [2.75, 3.05) is 25.5 Å². The summed E-state index contributed by atoms with van der Waals surface area (Å²) in [6.45, 7) is 5.73. The van der Waals surface area contributed by atoms with Crippen molar-refractivity contribution in [3.05, 3.63) is 12.3 Å². The van der Waals surface area contributed by atoms with Gasteiger partial charge in [0.2, 0.25) is 5.91 Å². The molecule has 1 heterocycles. The number of nitrogens with one attached hydrogen (secondary N) is 1. The molecular weight excluding hydrogens is 252 g/mol. The van der Waals surface area contributed by atoms with Crippen molar-refractivity contribution in [3.8, 4) is 0 Å². The van der Waals surface area contributed by atoms with Gasteiger partial charge in [-0.25, -0.2) is 4.68 Å². The molecule has 0 spiro atoms. The van der Waals surface area contributed by atoms with E-state index in [0.717, 1.165) is 31.1 Å². The quantitative estimate of drug-likeness (QED) is 0.795. The molecular formula is C15H26N4O. The van der Waals surface area contributed by atoms with Gasteiger partial charge in [0.1, 0.15) is 5.82 Å². The number of nitrogens with zero attached hydrogens (tertiary/aromatic N) is 3. The zero-order valence-electron chi connectivity index (χ0n) is 12.8. The first-order chi connectivity index (χ1) is 9.61. The molecule has 20 heavy (non-hydrogen) atoms. The van der Waals surface area contributed by atoms with Crippen molar-refractivity contribution in [3.63, 3.8) is 0 Å². The average Bonchev–Trinajstić information content (AvgIpc) is 3.16. The normalized spacial score (nSPS) is 16.4. The molecule has 0 radical (unpaired) electrons. The molecule has 0 aromatic carbocycles. The van der Waals surface area contributed by atoms with E-state index in [9.17, 15) is 4.79 Å². The molecule has 0 bridgehead atoms. The lowest BCUT2D eigenvalue weighted by molar-refractivity contribution is -0.117. The summed E-state index contributed by atoms with van der Waals surface area (Å²) in [6.07, 6.45) is 6.58. The predicted molar refractivity (Wildman–Crippen MR) is 80.7 cm³/mol. The van der Waals surface area contributed by atoms with Crippen LogP contribution in [-0.4, -0.2) is 40.7 Å². The van der Waals surface area contributed by atoms with Crippen LogP contribution in [0.4, 0.5) is 5.82 Å². The summed E-state index contributed by atoms with van der Waals surface area (Å²) >= 11 is 0. The Balaban J connectivity index is 1.86. The predicted octanol–water partition coefficient (Wildman–Crippen LogP) is 2.52. The van der Waals surface area contributed by atoms with Gasteiger partial charge in [-0.2, -0.15) is 5.10 Å². The van der Waals surface area contributed by atoms with E-state index in [2.05, 4.69) is 29.2 Å². The number of likely N-dealkylation sites (N-methyl/N-ethyl adjacent to an activating group) is 1. The molecule has 1 unspecified atom stereocenters. The molecule has 1 aromatic heterocycles. The van der Waals surface area contributed by atoms with Crippen LogP contribution in [0.1, 0.15) is 45.6 Å². The lowest BCUT2D eigenvalue weighted by atomic mass is 10.2. The highest BCUT2D eigenvalue weighted by Gasteiger charge is 2.30. The fourth-order valence-electron chi connectivity index (χ4n) is 2.45. The Kier molecular flexibility index (Phi) is 5.17. The van der Waals surface area contributed by atoms with Crippen molar-refractivity contribution in [2.45, 2.75) is 45.6 Å². The molecule has 112 valence electrons. The standard InChI is InChI=1S/C15H26N4O/c1-4-5-10-18(3)11-15(20)17-14-8-9-16-19(14)12(2)13-6-7-13/h8-9,12-13H,4-7,10-11H2,1-3H3,(H,17,20). The average molecular weight is 278 g/mol. The topological polar surface area (TPSA) is 50.2 Å². The van der Waals surface area contributed by atoms with Crippen LogP contribution < -0.4 is 5.32 Å². The van der Waals surface area contributed by atoms with Gasteiger partial charge < -0.3 is 5.32 Å². The zero-order valence-corrected chi connectivity index (χ0v) is 12.8. The van der Waals surface area contributed by atoms with Gasteiger partial charge in [0.25, 0.3) is 0 Å². The van der Waals surface area contributed by atoms with E-state index in [4.69, 9.17) is 0 Å². The molecule has 2 rings (SSSR count). The van der Waals surface area contributed by atoms with E-state index < -0.39 is 0 Å². The van der Waals surface area contributed by atoms with Crippen LogP contribution in [0.3, 0.4) is 0 Å². The second-order valence-electron chi connectivity index (χ2n) is 5.88. The smallest absolute Gasteiger partial charge is 0.239 e. The monoisotopic (exact) mass is 278 g/mol. The van der Waals surface area contributed by atoms with E-state index in [0.29, 0.717) is 12.6 Å². The summed E-state index contributed by atoms with van der Waals surface area (Å²) in [5, 5.41) is 7.33. The first-order valence-corrected chi connectivity index (χ1v) is 7.63. The third-order valence-electron chi connectivity index (χ3n) is 3.93. The number of carbonyl (C=O) groups is 1. The SMILES string of the molecule is CCCCN(C)CC(=O)Nc1ccnn1C(C)C1CC1. The Bertz CT molecular complexity index is 439. The minimum atomic E-state index is 0.0355. The van der Waals surface area contributed by atoms with Gasteiger partial charge in [0, 0.05) is 6.07 Å². The van der Waals surface area contributed by atoms with Crippen LogP contribution in [0.15, 0.2) is 12.3 Å². The number of rotatable bonds is 8. The van der Waals surface area contributed by atoms with Crippen LogP contribution in [0, 0.1) is 5.92 Å². The van der Waals surface area contributed by atoms with Crippen molar-refractivity contribution in [1.82, 2.24) is 14.7 Å². The van der Waals surface area contributed by atoms with Crippen molar-refractivity contribution in [2.24, 2.45) is 5.92 Å². The van der Waals surface area contributed by atoms with E-state index in [1.165, 1.54) is 12.8 Å². The van der Waals surface area contributed by atoms with Gasteiger partial charge >= 0.3 is 0 Å². The number of anilines is 1. The van der Waals surface area contributed by atoms with E-state index in [1.54, 1.807) is 6.20 Å². The van der Waals surface area contributed by atoms with E-state index >= 15 is 0 Å². The minimum Gasteiger partial charge on any atom is -0.310 e. The molecule has 1 aromatic rings. The van der Waals surface area contributed by atoms with Gasteiger partial charge in [0.05, 0.1) is 18.8 Å². The number of hydrogen-bond donors (Lipinski definition) is 1. The second-order valence-corrected chi connectivity index (χ2v) is 5.88. The molecule has 1 fully saturated rings. The molecule has 1 aliphatic carbocycles. The van der Waals surface area contributed by atoms with E-state index in [1.807, 2.05) is 17.8 Å². The van der Waals surface area contributed by atoms with Gasteiger partial charge in [0.15, 0.2) is 0 Å². The number of hydrogen-bond acceptors (Lipinski definition) is 3. The lowest BCUT2D eigenvalue weighted by Crippen LogP contribution is -2.31. The van der Waals surface area contributed by atoms with Gasteiger partial charge in [-0.05, 0) is 45.7 Å². The van der Waals surface area contributed by atoms with Crippen LogP contribution in [0.2, 0.25) is 0 Å². The molecule has 0 aliphatic heterocycles. The molecule has 1 N–H and O–H groups in total. The third kappa shape index (κ3) is 4.07. The summed E-state index contributed by atoms with van der Waals surface area (Å²) in [5.74, 6) is 1.57. The number of amides is 1. The van der Waals surface area contributed by atoms with E-state index in [-0.39, 0.29) is 5.91 Å². The highest BCUT2D eigenvalue weighted by molar-refractivity contribution is 5.91. The van der Waals surface area contributed by atoms with Gasteiger partial charge in [-0.15, -0.1) is 0 Å². The van der Waals surface area contributed by atoms with Crippen LogP contribution in [0.25, 0.3) is 0 Å². The third-order valence-corrected chi connectivity index (χ3v) is 3.93. The largest absolute Gasteiger partial charge is 0.310 e. The Morgan fingerprint density at radius 3 is 3.00 bits per heavy atom. The van der Waals surface area contributed by atoms with Crippen molar-refractivity contribution < 1.29 is 4.79 Å². The molecule has 0 saturated heterocycles. The summed E-state index contributed by atoms with van der Waals surface area (Å²) in [6, 6.07) is 2.25. The minimum absolute atomic E-state index is 0.0355. The van der Waals surface area contributed by atoms with Crippen LogP contribution in [-0.2, 0) is 4.79 Å².